The predicted molar refractivity (Wildman–Crippen MR) is 128 cm³/mol. The summed E-state index contributed by atoms with van der Waals surface area (Å²) in [5.74, 6) is 2.31. The fourth-order valence-electron chi connectivity index (χ4n) is 4.41. The van der Waals surface area contributed by atoms with E-state index in [0.717, 1.165) is 53.2 Å². The van der Waals surface area contributed by atoms with E-state index in [0.29, 0.717) is 17.9 Å². The van der Waals surface area contributed by atoms with Gasteiger partial charge in [0.15, 0.2) is 5.78 Å². The molecule has 0 spiro atoms. The molecule has 2 aromatic rings. The monoisotopic (exact) mass is 433 g/mol. The van der Waals surface area contributed by atoms with Gasteiger partial charge in [-0.05, 0) is 78.8 Å². The summed E-state index contributed by atoms with van der Waals surface area (Å²) in [6.45, 7) is 6.43. The van der Waals surface area contributed by atoms with E-state index < -0.39 is 0 Å². The molecule has 1 aliphatic rings. The van der Waals surface area contributed by atoms with Gasteiger partial charge in [-0.2, -0.15) is 5.26 Å². The molecule has 2 aromatic carbocycles. The molecule has 162 valence electrons. The van der Waals surface area contributed by atoms with E-state index in [1.807, 2.05) is 24.3 Å². The number of nitrogens with zero attached hydrogens (tertiary/aromatic N) is 1. The molecule has 0 aliphatic heterocycles. The van der Waals surface area contributed by atoms with E-state index in [2.05, 4.69) is 39.0 Å². The maximum atomic E-state index is 13.3. The van der Waals surface area contributed by atoms with Crippen LogP contribution in [0.3, 0.4) is 0 Å². The van der Waals surface area contributed by atoms with Gasteiger partial charge in [0.05, 0.1) is 24.3 Å². The van der Waals surface area contributed by atoms with Crippen molar-refractivity contribution in [1.82, 2.24) is 0 Å². The van der Waals surface area contributed by atoms with Crippen molar-refractivity contribution < 1.29 is 9.53 Å². The van der Waals surface area contributed by atoms with Crippen molar-refractivity contribution in [2.75, 3.05) is 12.9 Å². The zero-order valence-corrected chi connectivity index (χ0v) is 19.8. The number of nitriles is 1. The molecule has 3 nitrogen and oxygen atoms in total. The smallest absolute Gasteiger partial charge is 0.167 e. The Balaban J connectivity index is 1.78. The number of Topliss-reactive ketones (excluding diaryl/α,β-unsaturated/α-hetero) is 1. The molecule has 0 amide bonds. The van der Waals surface area contributed by atoms with Crippen LogP contribution in [0.15, 0.2) is 47.1 Å². The van der Waals surface area contributed by atoms with Crippen LogP contribution in [0.1, 0.15) is 60.9 Å². The van der Waals surface area contributed by atoms with Gasteiger partial charge in [-0.3, -0.25) is 4.79 Å². The van der Waals surface area contributed by atoms with E-state index >= 15 is 0 Å². The number of carbonyl (C=O) groups is 1. The van der Waals surface area contributed by atoms with Gasteiger partial charge < -0.3 is 4.74 Å². The Morgan fingerprint density at radius 1 is 1.10 bits per heavy atom. The lowest BCUT2D eigenvalue weighted by Crippen LogP contribution is -2.21. The number of benzene rings is 2. The summed E-state index contributed by atoms with van der Waals surface area (Å²) in [5, 5.41) is 8.93. The molecular formula is C27H31NO2S. The Morgan fingerprint density at radius 2 is 1.74 bits per heavy atom. The molecule has 1 aliphatic carbocycles. The Morgan fingerprint density at radius 3 is 2.29 bits per heavy atom. The van der Waals surface area contributed by atoms with E-state index in [4.69, 9.17) is 10.00 Å². The van der Waals surface area contributed by atoms with Crippen molar-refractivity contribution in [2.24, 2.45) is 5.92 Å². The lowest BCUT2D eigenvalue weighted by Gasteiger charge is -2.28. The van der Waals surface area contributed by atoms with Crippen LogP contribution in [0.5, 0.6) is 0 Å². The SMILES string of the molecule is CCc1cc(C)cc(CC)c1C1=C(OC)CC(CCSc2ccc(C#N)cc2)CC1=O. The minimum absolute atomic E-state index is 0.213. The molecule has 31 heavy (non-hydrogen) atoms. The Kier molecular flexibility index (Phi) is 7.98. The number of ether oxygens (including phenoxy) is 1. The molecule has 0 radical (unpaired) electrons. The largest absolute Gasteiger partial charge is 0.500 e. The van der Waals surface area contributed by atoms with Crippen LogP contribution in [0.2, 0.25) is 0 Å². The van der Waals surface area contributed by atoms with Crippen molar-refractivity contribution in [1.29, 1.82) is 5.26 Å². The molecule has 0 saturated carbocycles. The van der Waals surface area contributed by atoms with Gasteiger partial charge in [-0.25, -0.2) is 0 Å². The maximum Gasteiger partial charge on any atom is 0.167 e. The summed E-state index contributed by atoms with van der Waals surface area (Å²) in [7, 11) is 1.70. The van der Waals surface area contributed by atoms with Crippen molar-refractivity contribution in [3.8, 4) is 6.07 Å². The van der Waals surface area contributed by atoms with Crippen molar-refractivity contribution in [3.05, 3.63) is 70.0 Å². The molecule has 1 atom stereocenters. The molecule has 1 unspecified atom stereocenters. The topological polar surface area (TPSA) is 50.1 Å². The third-order valence-electron chi connectivity index (χ3n) is 5.99. The lowest BCUT2D eigenvalue weighted by atomic mass is 9.79. The normalized spacial score (nSPS) is 16.4. The molecule has 0 saturated heterocycles. The molecule has 0 N–H and O–H groups in total. The fourth-order valence-corrected chi connectivity index (χ4v) is 5.43. The van der Waals surface area contributed by atoms with Crippen LogP contribution in [-0.4, -0.2) is 18.6 Å². The molecule has 0 aromatic heterocycles. The quantitative estimate of drug-likeness (QED) is 0.445. The first-order valence-corrected chi connectivity index (χ1v) is 12.0. The second-order valence-electron chi connectivity index (χ2n) is 8.14. The summed E-state index contributed by atoms with van der Waals surface area (Å²) in [6.07, 6.45) is 4.17. The van der Waals surface area contributed by atoms with Gasteiger partial charge >= 0.3 is 0 Å². The summed E-state index contributed by atoms with van der Waals surface area (Å²) >= 11 is 1.78. The molecule has 0 heterocycles. The molecular weight excluding hydrogens is 402 g/mol. The lowest BCUT2D eigenvalue weighted by molar-refractivity contribution is -0.115. The van der Waals surface area contributed by atoms with Crippen LogP contribution in [0, 0.1) is 24.2 Å². The third kappa shape index (κ3) is 5.40. The van der Waals surface area contributed by atoms with Crippen LogP contribution in [-0.2, 0) is 22.4 Å². The minimum Gasteiger partial charge on any atom is -0.500 e. The first-order chi connectivity index (χ1) is 15.0. The van der Waals surface area contributed by atoms with E-state index in [-0.39, 0.29) is 5.78 Å². The maximum absolute atomic E-state index is 13.3. The Hall–Kier alpha value is -2.51. The molecule has 0 bridgehead atoms. The zero-order valence-electron chi connectivity index (χ0n) is 19.0. The van der Waals surface area contributed by atoms with Crippen LogP contribution in [0.4, 0.5) is 0 Å². The van der Waals surface area contributed by atoms with Gasteiger partial charge in [0, 0.05) is 17.7 Å². The number of thioether (sulfide) groups is 1. The van der Waals surface area contributed by atoms with Gasteiger partial charge in [-0.1, -0.05) is 31.5 Å². The zero-order chi connectivity index (χ0) is 22.4. The van der Waals surface area contributed by atoms with Gasteiger partial charge in [0.2, 0.25) is 0 Å². The summed E-state index contributed by atoms with van der Waals surface area (Å²) in [5.41, 5.74) is 6.33. The summed E-state index contributed by atoms with van der Waals surface area (Å²) < 4.78 is 5.80. The van der Waals surface area contributed by atoms with E-state index in [1.165, 1.54) is 16.7 Å². The second kappa shape index (κ2) is 10.7. The standard InChI is InChI=1S/C27H31NO2S/c1-5-21-13-18(3)14-22(6-2)26(21)27-24(29)15-20(16-25(27)30-4)11-12-31-23-9-7-19(17-28)8-10-23/h7-10,13-14,20H,5-6,11-12,15-16H2,1-4H3. The third-order valence-corrected chi connectivity index (χ3v) is 7.03. The number of carbonyl (C=O) groups excluding carboxylic acids is 1. The first-order valence-electron chi connectivity index (χ1n) is 11.1. The number of rotatable bonds is 8. The Labute approximate surface area is 190 Å². The number of hydrogen-bond acceptors (Lipinski definition) is 4. The predicted octanol–water partition coefficient (Wildman–Crippen LogP) is 6.51. The number of allylic oxidation sites excluding steroid dienone is 2. The van der Waals surface area contributed by atoms with E-state index in [9.17, 15) is 4.79 Å². The van der Waals surface area contributed by atoms with Crippen LogP contribution >= 0.6 is 11.8 Å². The van der Waals surface area contributed by atoms with E-state index in [1.54, 1.807) is 18.9 Å². The average Bonchev–Trinajstić information content (AvgIpc) is 2.79. The van der Waals surface area contributed by atoms with Crippen molar-refractivity contribution in [2.45, 2.75) is 57.8 Å². The second-order valence-corrected chi connectivity index (χ2v) is 9.31. The van der Waals surface area contributed by atoms with Crippen LogP contribution < -0.4 is 0 Å². The summed E-state index contributed by atoms with van der Waals surface area (Å²) in [4.78, 5) is 14.5. The summed E-state index contributed by atoms with van der Waals surface area (Å²) in [6, 6.07) is 14.3. The number of ketones is 1. The first kappa shape index (κ1) is 23.2. The van der Waals surface area contributed by atoms with Gasteiger partial charge in [0.1, 0.15) is 5.76 Å². The highest BCUT2D eigenvalue weighted by Gasteiger charge is 2.31. The molecule has 0 fully saturated rings. The highest BCUT2D eigenvalue weighted by Crippen LogP contribution is 2.39. The van der Waals surface area contributed by atoms with Crippen LogP contribution in [0.25, 0.3) is 5.57 Å². The molecule has 3 rings (SSSR count). The number of methoxy groups -OCH3 is 1. The van der Waals surface area contributed by atoms with Crippen molar-refractivity contribution in [3.63, 3.8) is 0 Å². The Bertz CT molecular complexity index is 990. The van der Waals surface area contributed by atoms with Gasteiger partial charge in [0.25, 0.3) is 0 Å². The molecule has 4 heteroatoms. The van der Waals surface area contributed by atoms with Crippen molar-refractivity contribution >= 4 is 23.1 Å². The average molecular weight is 434 g/mol. The minimum atomic E-state index is 0.213. The highest BCUT2D eigenvalue weighted by molar-refractivity contribution is 7.99. The number of aryl methyl sites for hydroxylation is 3. The number of hydrogen-bond donors (Lipinski definition) is 0. The fraction of sp³-hybridized carbons (Fsp3) is 0.407. The highest BCUT2D eigenvalue weighted by atomic mass is 32.2. The van der Waals surface area contributed by atoms with Gasteiger partial charge in [-0.15, -0.1) is 11.8 Å².